The lowest BCUT2D eigenvalue weighted by Gasteiger charge is -2.24. The monoisotopic (exact) mass is 438 g/mol. The molecule has 0 radical (unpaired) electrons. The first-order chi connectivity index (χ1) is 14.9. The van der Waals surface area contributed by atoms with E-state index in [0.29, 0.717) is 16.3 Å². The molecule has 3 aromatic rings. The Morgan fingerprint density at radius 1 is 1.13 bits per heavy atom. The largest absolute Gasteiger partial charge is 0.507 e. The van der Waals surface area contributed by atoms with E-state index in [9.17, 15) is 24.8 Å². The van der Waals surface area contributed by atoms with E-state index in [1.807, 2.05) is 0 Å². The molecule has 0 unspecified atom stereocenters. The van der Waals surface area contributed by atoms with Crippen molar-refractivity contribution >= 4 is 34.7 Å². The highest BCUT2D eigenvalue weighted by Gasteiger charge is 2.46. The number of aliphatic hydroxyl groups is 1. The Morgan fingerprint density at radius 2 is 1.87 bits per heavy atom. The molecule has 1 N–H and O–H groups in total. The second-order valence-electron chi connectivity index (χ2n) is 6.87. The van der Waals surface area contributed by atoms with Crippen molar-refractivity contribution < 1.29 is 24.0 Å². The lowest BCUT2D eigenvalue weighted by Crippen LogP contribution is -2.29. The molecule has 1 atom stereocenters. The number of aliphatic hydroxyl groups excluding tert-OH is 1. The van der Waals surface area contributed by atoms with Gasteiger partial charge in [0, 0.05) is 22.7 Å². The molecule has 1 saturated heterocycles. The third kappa shape index (κ3) is 3.80. The van der Waals surface area contributed by atoms with E-state index in [-0.39, 0.29) is 23.4 Å². The Morgan fingerprint density at radius 3 is 2.52 bits per heavy atom. The fourth-order valence-electron chi connectivity index (χ4n) is 3.53. The van der Waals surface area contributed by atoms with Gasteiger partial charge in [0.2, 0.25) is 0 Å². The van der Waals surface area contributed by atoms with Gasteiger partial charge in [0.25, 0.3) is 17.4 Å². The molecule has 0 saturated carbocycles. The number of hydrogen-bond acceptors (Lipinski definition) is 6. The molecule has 1 aromatic heterocycles. The summed E-state index contributed by atoms with van der Waals surface area (Å²) < 4.78 is 5.32. The number of ketones is 1. The van der Waals surface area contributed by atoms with Crippen LogP contribution < -0.4 is 0 Å². The van der Waals surface area contributed by atoms with E-state index in [1.54, 1.807) is 36.4 Å². The number of amides is 1. The molecule has 1 fully saturated rings. The first kappa shape index (κ1) is 20.4. The molecule has 1 aliphatic heterocycles. The van der Waals surface area contributed by atoms with Crippen LogP contribution in [0.15, 0.2) is 76.9 Å². The van der Waals surface area contributed by atoms with Crippen LogP contribution in [0, 0.1) is 10.1 Å². The van der Waals surface area contributed by atoms with Crippen LogP contribution in [-0.2, 0) is 16.1 Å². The smallest absolute Gasteiger partial charge is 0.296 e. The van der Waals surface area contributed by atoms with Crippen molar-refractivity contribution in [3.05, 3.63) is 105 Å². The van der Waals surface area contributed by atoms with Gasteiger partial charge in [0.1, 0.15) is 11.5 Å². The minimum atomic E-state index is -0.929. The standard InChI is InChI=1S/C22H15ClN2O6/c23-15-8-6-13(7-9-15)19-18(20(26)14-3-1-4-16(11-14)25(29)30)21(27)22(28)24(19)12-17-5-2-10-31-17/h1-11,19,26H,12H2/b20-18+/t19-/m0/s1. The number of carbonyl (C=O) groups excluding carboxylic acids is 2. The normalized spacial score (nSPS) is 17.8. The molecule has 1 aliphatic rings. The van der Waals surface area contributed by atoms with Crippen LogP contribution in [0.2, 0.25) is 5.02 Å². The Labute approximate surface area is 181 Å². The fourth-order valence-corrected chi connectivity index (χ4v) is 3.65. The second kappa shape index (κ2) is 8.08. The van der Waals surface area contributed by atoms with Gasteiger partial charge in [0.15, 0.2) is 0 Å². The average Bonchev–Trinajstić information content (AvgIpc) is 3.36. The minimum Gasteiger partial charge on any atom is -0.507 e. The van der Waals surface area contributed by atoms with Gasteiger partial charge in [-0.15, -0.1) is 0 Å². The molecule has 0 aliphatic carbocycles. The van der Waals surface area contributed by atoms with Gasteiger partial charge in [-0.05, 0) is 29.8 Å². The number of nitro benzene ring substituents is 1. The van der Waals surface area contributed by atoms with Crippen LogP contribution in [-0.4, -0.2) is 26.6 Å². The summed E-state index contributed by atoms with van der Waals surface area (Å²) in [7, 11) is 0. The molecule has 0 bridgehead atoms. The molecular formula is C22H15ClN2O6. The number of benzene rings is 2. The number of non-ortho nitro benzene ring substituents is 1. The summed E-state index contributed by atoms with van der Waals surface area (Å²) in [5, 5.41) is 22.5. The summed E-state index contributed by atoms with van der Waals surface area (Å²) in [4.78, 5) is 37.6. The Bertz CT molecular complexity index is 1200. The van der Waals surface area contributed by atoms with Crippen LogP contribution in [0.1, 0.15) is 22.9 Å². The summed E-state index contributed by atoms with van der Waals surface area (Å²) in [6.07, 6.45) is 1.45. The number of nitrogens with zero attached hydrogens (tertiary/aromatic N) is 2. The predicted molar refractivity (Wildman–Crippen MR) is 111 cm³/mol. The highest BCUT2D eigenvalue weighted by Crippen LogP contribution is 2.40. The number of nitro groups is 1. The summed E-state index contributed by atoms with van der Waals surface area (Å²) in [6, 6.07) is 14.1. The molecule has 8 nitrogen and oxygen atoms in total. The Kier molecular flexibility index (Phi) is 5.31. The van der Waals surface area contributed by atoms with Crippen LogP contribution in [0.5, 0.6) is 0 Å². The second-order valence-corrected chi connectivity index (χ2v) is 7.30. The van der Waals surface area contributed by atoms with Crippen LogP contribution in [0.4, 0.5) is 5.69 Å². The van der Waals surface area contributed by atoms with Crippen molar-refractivity contribution in [2.45, 2.75) is 12.6 Å². The number of rotatable bonds is 5. The number of carbonyl (C=O) groups is 2. The molecule has 9 heteroatoms. The van der Waals surface area contributed by atoms with E-state index in [2.05, 4.69) is 0 Å². The Hall–Kier alpha value is -3.91. The number of halogens is 1. The molecular weight excluding hydrogens is 424 g/mol. The van der Waals surface area contributed by atoms with Gasteiger partial charge in [-0.1, -0.05) is 35.9 Å². The maximum absolute atomic E-state index is 12.9. The van der Waals surface area contributed by atoms with E-state index in [0.717, 1.165) is 6.07 Å². The third-order valence-corrected chi connectivity index (χ3v) is 5.21. The number of Topliss-reactive ketones (excluding diaryl/α,β-unsaturated/α-hetero) is 1. The molecule has 2 heterocycles. The van der Waals surface area contributed by atoms with Gasteiger partial charge in [-0.3, -0.25) is 19.7 Å². The average molecular weight is 439 g/mol. The maximum atomic E-state index is 12.9. The highest BCUT2D eigenvalue weighted by molar-refractivity contribution is 6.46. The molecule has 2 aromatic carbocycles. The van der Waals surface area contributed by atoms with Gasteiger partial charge in [0.05, 0.1) is 29.3 Å². The number of hydrogen-bond donors (Lipinski definition) is 1. The minimum absolute atomic E-state index is 0.00339. The first-order valence-corrected chi connectivity index (χ1v) is 9.55. The molecule has 156 valence electrons. The van der Waals surface area contributed by atoms with Crippen molar-refractivity contribution in [3.63, 3.8) is 0 Å². The zero-order valence-electron chi connectivity index (χ0n) is 15.9. The van der Waals surface area contributed by atoms with Gasteiger partial charge in [-0.2, -0.15) is 0 Å². The Balaban J connectivity index is 1.87. The van der Waals surface area contributed by atoms with Crippen molar-refractivity contribution in [2.75, 3.05) is 0 Å². The fraction of sp³-hybridized carbons (Fsp3) is 0.0909. The van der Waals surface area contributed by atoms with E-state index in [1.165, 1.54) is 29.4 Å². The van der Waals surface area contributed by atoms with E-state index >= 15 is 0 Å². The van der Waals surface area contributed by atoms with Crippen LogP contribution in [0.25, 0.3) is 5.76 Å². The van der Waals surface area contributed by atoms with Crippen LogP contribution in [0.3, 0.4) is 0 Å². The van der Waals surface area contributed by atoms with Crippen molar-refractivity contribution in [1.82, 2.24) is 4.90 Å². The van der Waals surface area contributed by atoms with Crippen molar-refractivity contribution in [2.24, 2.45) is 0 Å². The lowest BCUT2D eigenvalue weighted by molar-refractivity contribution is -0.384. The van der Waals surface area contributed by atoms with Gasteiger partial charge < -0.3 is 14.4 Å². The van der Waals surface area contributed by atoms with E-state index in [4.69, 9.17) is 16.0 Å². The summed E-state index contributed by atoms with van der Waals surface area (Å²) in [6.45, 7) is -0.00339. The maximum Gasteiger partial charge on any atom is 0.296 e. The molecule has 4 rings (SSSR count). The SMILES string of the molecule is O=C1C(=O)N(Cc2ccco2)[C@@H](c2ccc(Cl)cc2)/C1=C(\O)c1cccc([N+](=O)[O-])c1. The molecule has 31 heavy (non-hydrogen) atoms. The van der Waals surface area contributed by atoms with Gasteiger partial charge in [-0.25, -0.2) is 0 Å². The lowest BCUT2D eigenvalue weighted by atomic mass is 9.95. The highest BCUT2D eigenvalue weighted by atomic mass is 35.5. The quantitative estimate of drug-likeness (QED) is 0.207. The summed E-state index contributed by atoms with van der Waals surface area (Å²) >= 11 is 5.98. The molecule has 1 amide bonds. The zero-order chi connectivity index (χ0) is 22.1. The summed E-state index contributed by atoms with van der Waals surface area (Å²) in [5.41, 5.74) is 0.183. The van der Waals surface area contributed by atoms with Gasteiger partial charge >= 0.3 is 0 Å². The summed E-state index contributed by atoms with van der Waals surface area (Å²) in [5.74, 6) is -1.75. The van der Waals surface area contributed by atoms with E-state index < -0.39 is 28.4 Å². The number of likely N-dealkylation sites (tertiary alicyclic amines) is 1. The predicted octanol–water partition coefficient (Wildman–Crippen LogP) is 4.46. The van der Waals surface area contributed by atoms with Crippen molar-refractivity contribution in [3.8, 4) is 0 Å². The topological polar surface area (TPSA) is 114 Å². The van der Waals surface area contributed by atoms with Crippen LogP contribution >= 0.6 is 11.6 Å². The van der Waals surface area contributed by atoms with Crippen molar-refractivity contribution in [1.29, 1.82) is 0 Å². The molecule has 0 spiro atoms. The zero-order valence-corrected chi connectivity index (χ0v) is 16.7. The first-order valence-electron chi connectivity index (χ1n) is 9.18. The third-order valence-electron chi connectivity index (χ3n) is 4.96. The number of furan rings is 1.